The van der Waals surface area contributed by atoms with Crippen LogP contribution >= 0.6 is 11.6 Å². The summed E-state index contributed by atoms with van der Waals surface area (Å²) in [7, 11) is -0.740. The fourth-order valence-electron chi connectivity index (χ4n) is 6.02. The molecule has 6 rings (SSSR count). The molecule has 1 amide bonds. The van der Waals surface area contributed by atoms with Gasteiger partial charge in [-0.25, -0.2) is 13.4 Å². The number of amides is 1. The first kappa shape index (κ1) is 30.4. The maximum absolute atomic E-state index is 14.3. The normalized spacial score (nSPS) is 18.7. The molecule has 45 heavy (non-hydrogen) atoms. The van der Waals surface area contributed by atoms with Gasteiger partial charge in [-0.3, -0.25) is 9.52 Å². The van der Waals surface area contributed by atoms with E-state index in [0.717, 1.165) is 47.4 Å². The average Bonchev–Trinajstić information content (AvgIpc) is 3.46. The van der Waals surface area contributed by atoms with Gasteiger partial charge in [-0.1, -0.05) is 54.1 Å². The fraction of sp³-hybridized carbons (Fsp3) is 0.200. The van der Waals surface area contributed by atoms with Gasteiger partial charge in [0.2, 0.25) is 0 Å². The van der Waals surface area contributed by atoms with E-state index in [2.05, 4.69) is 10.8 Å². The van der Waals surface area contributed by atoms with Crippen LogP contribution in [0.4, 0.5) is 5.69 Å². The van der Waals surface area contributed by atoms with E-state index in [1.54, 1.807) is 50.6 Å². The largest absolute Gasteiger partial charge is 0.496 e. The van der Waals surface area contributed by atoms with E-state index < -0.39 is 22.0 Å². The zero-order valence-corrected chi connectivity index (χ0v) is 26.4. The number of anilines is 1. The summed E-state index contributed by atoms with van der Waals surface area (Å²) in [5.41, 5.74) is 4.20. The molecule has 1 saturated carbocycles. The molecule has 0 aromatic heterocycles. The average molecular weight is 642 g/mol. The van der Waals surface area contributed by atoms with Crippen LogP contribution in [0.15, 0.2) is 113 Å². The van der Waals surface area contributed by atoms with Gasteiger partial charge in [-0.2, -0.15) is 5.10 Å². The van der Waals surface area contributed by atoms with Gasteiger partial charge >= 0.3 is 0 Å². The van der Waals surface area contributed by atoms with Crippen molar-refractivity contribution in [3.63, 3.8) is 0 Å². The lowest BCUT2D eigenvalue weighted by molar-refractivity contribution is 0.0678. The fourth-order valence-corrected chi connectivity index (χ4v) is 7.25. The number of fused-ring (bicyclic) bond motifs is 1. The third-order valence-electron chi connectivity index (χ3n) is 8.12. The molecule has 2 atom stereocenters. The Balaban J connectivity index is 1.40. The van der Waals surface area contributed by atoms with E-state index in [9.17, 15) is 13.2 Å². The molecule has 2 unspecified atom stereocenters. The number of nitrogens with zero attached hydrogens (tertiary/aromatic N) is 2. The molecule has 8 nitrogen and oxygen atoms in total. The highest BCUT2D eigenvalue weighted by atomic mass is 35.5. The molecule has 230 valence electrons. The first-order valence-electron chi connectivity index (χ1n) is 14.6. The van der Waals surface area contributed by atoms with Crippen molar-refractivity contribution in [3.05, 3.63) is 124 Å². The van der Waals surface area contributed by atoms with Crippen molar-refractivity contribution >= 4 is 45.0 Å². The summed E-state index contributed by atoms with van der Waals surface area (Å²) in [6.07, 6.45) is 4.64. The zero-order valence-electron chi connectivity index (χ0n) is 24.8. The van der Waals surface area contributed by atoms with Crippen LogP contribution < -0.4 is 14.2 Å². The molecule has 10 heteroatoms. The summed E-state index contributed by atoms with van der Waals surface area (Å²) < 4.78 is 40.5. The number of para-hydroxylation sites is 2. The lowest BCUT2D eigenvalue weighted by Gasteiger charge is -2.30. The van der Waals surface area contributed by atoms with Crippen LogP contribution in [0.1, 0.15) is 46.8 Å². The van der Waals surface area contributed by atoms with E-state index in [-0.39, 0.29) is 16.4 Å². The van der Waals surface area contributed by atoms with E-state index in [0.29, 0.717) is 16.5 Å². The number of carbonyl (C=O) groups is 1. The Bertz CT molecular complexity index is 1910. The number of hydrazone groups is 1. The highest BCUT2D eigenvalue weighted by molar-refractivity contribution is 7.92. The van der Waals surface area contributed by atoms with Crippen molar-refractivity contribution in [2.75, 3.05) is 18.9 Å². The first-order valence-corrected chi connectivity index (χ1v) is 16.4. The van der Waals surface area contributed by atoms with Crippen molar-refractivity contribution in [2.45, 2.75) is 30.2 Å². The molecule has 1 aliphatic heterocycles. The quantitative estimate of drug-likeness (QED) is 0.214. The van der Waals surface area contributed by atoms with Crippen LogP contribution in [-0.2, 0) is 10.0 Å². The Labute approximate surface area is 268 Å². The molecule has 2 aliphatic rings. The van der Waals surface area contributed by atoms with Crippen molar-refractivity contribution in [3.8, 4) is 11.5 Å². The summed E-state index contributed by atoms with van der Waals surface area (Å²) in [5, 5.41) is 6.97. The molecule has 0 saturated heterocycles. The summed E-state index contributed by atoms with van der Waals surface area (Å²) in [6, 6.07) is 27.3. The summed E-state index contributed by atoms with van der Waals surface area (Å²) in [4.78, 5) is 14.3. The Hall–Kier alpha value is -4.60. The molecule has 4 aromatic carbocycles. The maximum atomic E-state index is 14.3. The minimum Gasteiger partial charge on any atom is -0.496 e. The lowest BCUT2D eigenvalue weighted by Crippen LogP contribution is -2.32. The van der Waals surface area contributed by atoms with Gasteiger partial charge in [-0.15, -0.1) is 0 Å². The van der Waals surface area contributed by atoms with Crippen molar-refractivity contribution < 1.29 is 22.7 Å². The van der Waals surface area contributed by atoms with Crippen LogP contribution in [0.2, 0.25) is 5.02 Å². The molecule has 1 fully saturated rings. The van der Waals surface area contributed by atoms with E-state index in [1.807, 2.05) is 48.5 Å². The van der Waals surface area contributed by atoms with Gasteiger partial charge < -0.3 is 9.47 Å². The molecular formula is C35H32ClN3O5S. The highest BCUT2D eigenvalue weighted by Gasteiger charge is 2.45. The molecule has 4 aromatic rings. The number of nitrogens with one attached hydrogen (secondary N) is 1. The van der Waals surface area contributed by atoms with Gasteiger partial charge in [0.1, 0.15) is 11.5 Å². The molecule has 1 N–H and O–H groups in total. The topological polar surface area (TPSA) is 97.3 Å². The number of carbonyl (C=O) groups excluding carboxylic acids is 1. The maximum Gasteiger partial charge on any atom is 0.274 e. The first-order chi connectivity index (χ1) is 21.8. The SMILES string of the molecule is COc1ccccc1/C=C1/CCCC2C1=NN(C(=O)c1cccc(S(=O)(=O)Nc3ccc(Cl)cc3)c1)C2c1ccccc1OC. The van der Waals surface area contributed by atoms with E-state index in [1.165, 1.54) is 17.1 Å². The second-order valence-corrected chi connectivity index (χ2v) is 13.0. The monoisotopic (exact) mass is 641 g/mol. The molecule has 1 heterocycles. The second kappa shape index (κ2) is 12.8. The number of ether oxygens (including phenoxy) is 2. The molecule has 0 bridgehead atoms. The predicted octanol–water partition coefficient (Wildman–Crippen LogP) is 7.59. The molecule has 1 aliphatic carbocycles. The Morgan fingerprint density at radius 2 is 1.64 bits per heavy atom. The Kier molecular flexibility index (Phi) is 8.65. The van der Waals surface area contributed by atoms with Crippen molar-refractivity contribution in [1.82, 2.24) is 5.01 Å². The number of benzene rings is 4. The third-order valence-corrected chi connectivity index (χ3v) is 9.75. The second-order valence-electron chi connectivity index (χ2n) is 10.9. The van der Waals surface area contributed by atoms with Gasteiger partial charge in [0.15, 0.2) is 0 Å². The number of rotatable bonds is 8. The van der Waals surface area contributed by atoms with Crippen LogP contribution in [0, 0.1) is 5.92 Å². The van der Waals surface area contributed by atoms with Gasteiger partial charge in [0.05, 0.1) is 30.9 Å². The molecule has 0 radical (unpaired) electrons. The van der Waals surface area contributed by atoms with Crippen LogP contribution in [0.5, 0.6) is 11.5 Å². The number of methoxy groups -OCH3 is 2. The third kappa shape index (κ3) is 6.18. The smallest absolute Gasteiger partial charge is 0.274 e. The number of halogens is 1. The van der Waals surface area contributed by atoms with Crippen molar-refractivity contribution in [1.29, 1.82) is 0 Å². The van der Waals surface area contributed by atoms with Crippen LogP contribution in [0.25, 0.3) is 6.08 Å². The number of hydrogen-bond donors (Lipinski definition) is 1. The Morgan fingerprint density at radius 3 is 2.40 bits per heavy atom. The zero-order chi connectivity index (χ0) is 31.6. The summed E-state index contributed by atoms with van der Waals surface area (Å²) >= 11 is 5.95. The highest BCUT2D eigenvalue weighted by Crippen LogP contribution is 2.47. The number of hydrogen-bond acceptors (Lipinski definition) is 6. The number of allylic oxidation sites excluding steroid dienone is 1. The number of sulfonamides is 1. The minimum atomic E-state index is -3.99. The van der Waals surface area contributed by atoms with Crippen LogP contribution in [-0.4, -0.2) is 39.3 Å². The molecule has 0 spiro atoms. The van der Waals surface area contributed by atoms with E-state index >= 15 is 0 Å². The van der Waals surface area contributed by atoms with E-state index in [4.69, 9.17) is 26.2 Å². The standard InChI is InChI=1S/C35H32ClN3O5S/c1-43-31-15-5-3-9-23(31)21-24-10-8-14-30-33(24)37-39(34(30)29-13-4-6-16-32(29)44-2)35(40)25-11-7-12-28(22-25)45(41,42)38-27-19-17-26(36)18-20-27/h3-7,9,11-13,15-22,30,34,38H,8,10,14H2,1-2H3/b24-21-. The summed E-state index contributed by atoms with van der Waals surface area (Å²) in [6.45, 7) is 0. The summed E-state index contributed by atoms with van der Waals surface area (Å²) in [5.74, 6) is 0.915. The Morgan fingerprint density at radius 1 is 0.933 bits per heavy atom. The van der Waals surface area contributed by atoms with Crippen LogP contribution in [0.3, 0.4) is 0 Å². The van der Waals surface area contributed by atoms with Gasteiger partial charge in [0.25, 0.3) is 15.9 Å². The minimum absolute atomic E-state index is 0.0434. The lowest BCUT2D eigenvalue weighted by atomic mass is 9.77. The van der Waals surface area contributed by atoms with Gasteiger partial charge in [0, 0.05) is 33.3 Å². The molecular weight excluding hydrogens is 610 g/mol. The van der Waals surface area contributed by atoms with Crippen molar-refractivity contribution in [2.24, 2.45) is 11.0 Å². The van der Waals surface area contributed by atoms with Gasteiger partial charge in [-0.05, 0) is 85.5 Å². The predicted molar refractivity (Wildman–Crippen MR) is 176 cm³/mol.